The zero-order valence-electron chi connectivity index (χ0n) is 10.3. The third kappa shape index (κ3) is 3.68. The maximum Gasteiger partial charge on any atom is 0.169 e. The van der Waals surface area contributed by atoms with Crippen LogP contribution in [0.5, 0.6) is 0 Å². The van der Waals surface area contributed by atoms with Crippen molar-refractivity contribution in [2.45, 2.75) is 44.7 Å². The van der Waals surface area contributed by atoms with Gasteiger partial charge in [0.05, 0.1) is 6.54 Å². The van der Waals surface area contributed by atoms with Gasteiger partial charge in [-0.1, -0.05) is 25.3 Å². The summed E-state index contributed by atoms with van der Waals surface area (Å²) in [6.45, 7) is 0.855. The lowest BCUT2D eigenvalue weighted by atomic mass is 9.95. The molecule has 1 saturated carbocycles. The summed E-state index contributed by atoms with van der Waals surface area (Å²) in [7, 11) is 2.12. The van der Waals surface area contributed by atoms with Crippen molar-refractivity contribution in [3.63, 3.8) is 0 Å². The van der Waals surface area contributed by atoms with Crippen molar-refractivity contribution < 1.29 is 0 Å². The second-order valence-corrected chi connectivity index (χ2v) is 6.06. The third-order valence-corrected chi connectivity index (χ3v) is 4.75. The number of rotatable bonds is 3. The highest BCUT2D eigenvalue weighted by atomic mass is 32.1. The van der Waals surface area contributed by atoms with Crippen molar-refractivity contribution in [3.8, 4) is 0 Å². The predicted octanol–water partition coefficient (Wildman–Crippen LogP) is 3.39. The van der Waals surface area contributed by atoms with Crippen LogP contribution in [0.2, 0.25) is 0 Å². The molecule has 4 heteroatoms. The average Bonchev–Trinajstić information content (AvgIpc) is 2.89. The summed E-state index contributed by atoms with van der Waals surface area (Å²) in [5, 5.41) is 6.35. The first-order valence-electron chi connectivity index (χ1n) is 6.30. The van der Waals surface area contributed by atoms with Crippen molar-refractivity contribution in [1.29, 1.82) is 0 Å². The zero-order valence-corrected chi connectivity index (χ0v) is 11.9. The molecular weight excluding hydrogens is 248 g/mol. The quantitative estimate of drug-likeness (QED) is 0.846. The number of hydrogen-bond acceptors (Lipinski definition) is 2. The van der Waals surface area contributed by atoms with Gasteiger partial charge in [-0.3, -0.25) is 0 Å². The lowest BCUT2D eigenvalue weighted by Crippen LogP contribution is -2.43. The summed E-state index contributed by atoms with van der Waals surface area (Å²) in [6.07, 6.45) is 6.67. The Morgan fingerprint density at radius 2 is 2.24 bits per heavy atom. The van der Waals surface area contributed by atoms with E-state index >= 15 is 0 Å². The molecule has 0 spiro atoms. The molecule has 1 aliphatic rings. The van der Waals surface area contributed by atoms with Crippen LogP contribution in [0.25, 0.3) is 0 Å². The van der Waals surface area contributed by atoms with Crippen LogP contribution in [0.4, 0.5) is 0 Å². The molecule has 0 aliphatic heterocycles. The predicted molar refractivity (Wildman–Crippen MR) is 78.4 cm³/mol. The Kier molecular flexibility index (Phi) is 4.80. The summed E-state index contributed by atoms with van der Waals surface area (Å²) >= 11 is 7.22. The Morgan fingerprint density at radius 3 is 2.88 bits per heavy atom. The molecule has 0 amide bonds. The fraction of sp³-hybridized carbons (Fsp3) is 0.615. The number of nitrogens with one attached hydrogen (secondary N) is 1. The summed E-state index contributed by atoms with van der Waals surface area (Å²) in [4.78, 5) is 3.59. The van der Waals surface area contributed by atoms with Crippen LogP contribution < -0.4 is 5.32 Å². The van der Waals surface area contributed by atoms with Crippen LogP contribution in [0.1, 0.15) is 37.0 Å². The molecule has 1 N–H and O–H groups in total. The zero-order chi connectivity index (χ0) is 12.1. The second kappa shape index (κ2) is 6.36. The molecule has 0 bridgehead atoms. The van der Waals surface area contributed by atoms with Crippen molar-refractivity contribution in [2.75, 3.05) is 7.05 Å². The van der Waals surface area contributed by atoms with E-state index in [0.29, 0.717) is 6.04 Å². The normalized spacial score (nSPS) is 16.8. The molecule has 2 nitrogen and oxygen atoms in total. The molecular formula is C13H20N2S2. The third-order valence-electron chi connectivity index (χ3n) is 3.44. The van der Waals surface area contributed by atoms with Gasteiger partial charge in [-0.2, -0.15) is 0 Å². The van der Waals surface area contributed by atoms with Gasteiger partial charge in [-0.25, -0.2) is 0 Å². The van der Waals surface area contributed by atoms with Gasteiger partial charge in [0, 0.05) is 18.0 Å². The second-order valence-electron chi connectivity index (χ2n) is 4.64. The van der Waals surface area contributed by atoms with Crippen LogP contribution in [-0.2, 0) is 6.54 Å². The highest BCUT2D eigenvalue weighted by Gasteiger charge is 2.19. The van der Waals surface area contributed by atoms with Crippen molar-refractivity contribution in [1.82, 2.24) is 10.2 Å². The van der Waals surface area contributed by atoms with E-state index in [2.05, 4.69) is 34.8 Å². The van der Waals surface area contributed by atoms with E-state index in [1.165, 1.54) is 37.0 Å². The monoisotopic (exact) mass is 268 g/mol. The largest absolute Gasteiger partial charge is 0.358 e. The maximum absolute atomic E-state index is 5.45. The smallest absolute Gasteiger partial charge is 0.169 e. The average molecular weight is 268 g/mol. The number of hydrogen-bond donors (Lipinski definition) is 1. The number of thiophene rings is 1. The Labute approximate surface area is 113 Å². The van der Waals surface area contributed by atoms with Crippen molar-refractivity contribution >= 4 is 28.7 Å². The first kappa shape index (κ1) is 12.8. The minimum atomic E-state index is 0.645. The van der Waals surface area contributed by atoms with Crippen molar-refractivity contribution in [2.24, 2.45) is 0 Å². The van der Waals surface area contributed by atoms with Crippen LogP contribution in [0.3, 0.4) is 0 Å². The number of nitrogens with zero attached hydrogens (tertiary/aromatic N) is 1. The van der Waals surface area contributed by atoms with E-state index in [9.17, 15) is 0 Å². The van der Waals surface area contributed by atoms with E-state index in [1.54, 1.807) is 11.3 Å². The molecule has 1 heterocycles. The molecule has 1 aromatic heterocycles. The Bertz CT molecular complexity index is 342. The molecule has 0 atom stereocenters. The van der Waals surface area contributed by atoms with Crippen LogP contribution in [0.15, 0.2) is 17.5 Å². The van der Waals surface area contributed by atoms with Gasteiger partial charge in [0.25, 0.3) is 0 Å². The molecule has 1 aromatic rings. The Hall–Kier alpha value is -0.610. The summed E-state index contributed by atoms with van der Waals surface area (Å²) < 4.78 is 0. The lowest BCUT2D eigenvalue weighted by molar-refractivity contribution is 0.276. The molecule has 94 valence electrons. The van der Waals surface area contributed by atoms with Gasteiger partial charge in [0.1, 0.15) is 0 Å². The molecule has 0 unspecified atom stereocenters. The molecule has 1 aliphatic carbocycles. The first-order valence-corrected chi connectivity index (χ1v) is 7.59. The van der Waals surface area contributed by atoms with E-state index in [4.69, 9.17) is 12.2 Å². The number of thiocarbonyl (C=S) groups is 1. The lowest BCUT2D eigenvalue weighted by Gasteiger charge is -2.33. The summed E-state index contributed by atoms with van der Waals surface area (Å²) in [6, 6.07) is 4.86. The fourth-order valence-corrected chi connectivity index (χ4v) is 3.20. The van der Waals surface area contributed by atoms with Gasteiger partial charge in [0.2, 0.25) is 0 Å². The fourth-order valence-electron chi connectivity index (χ4n) is 2.33. The Balaban J connectivity index is 1.78. The maximum atomic E-state index is 5.45. The highest BCUT2D eigenvalue weighted by molar-refractivity contribution is 7.80. The molecule has 17 heavy (non-hydrogen) atoms. The topological polar surface area (TPSA) is 15.3 Å². The summed E-state index contributed by atoms with van der Waals surface area (Å²) in [5.41, 5.74) is 0. The van der Waals surface area contributed by atoms with Crippen LogP contribution >= 0.6 is 23.6 Å². The minimum Gasteiger partial charge on any atom is -0.358 e. The van der Waals surface area contributed by atoms with E-state index in [1.807, 2.05) is 0 Å². The summed E-state index contributed by atoms with van der Waals surface area (Å²) in [5.74, 6) is 0. The van der Waals surface area contributed by atoms with Gasteiger partial charge in [-0.15, -0.1) is 11.3 Å². The first-order chi connectivity index (χ1) is 8.27. The minimum absolute atomic E-state index is 0.645. The van der Waals surface area contributed by atoms with Gasteiger partial charge >= 0.3 is 0 Å². The molecule has 0 saturated heterocycles. The highest BCUT2D eigenvalue weighted by Crippen LogP contribution is 2.21. The molecule has 0 radical (unpaired) electrons. The molecule has 1 fully saturated rings. The van der Waals surface area contributed by atoms with Gasteiger partial charge in [0.15, 0.2) is 5.11 Å². The van der Waals surface area contributed by atoms with E-state index in [0.717, 1.165) is 11.7 Å². The van der Waals surface area contributed by atoms with Gasteiger partial charge in [-0.05, 0) is 36.5 Å². The van der Waals surface area contributed by atoms with E-state index in [-0.39, 0.29) is 0 Å². The van der Waals surface area contributed by atoms with Crippen LogP contribution in [0, 0.1) is 0 Å². The van der Waals surface area contributed by atoms with Gasteiger partial charge < -0.3 is 10.2 Å². The Morgan fingerprint density at radius 1 is 1.47 bits per heavy atom. The SMILES string of the molecule is CN(C(=S)NCc1cccs1)C1CCCCC1. The standard InChI is InChI=1S/C13H20N2S2/c1-15(11-6-3-2-4-7-11)13(16)14-10-12-8-5-9-17-12/h5,8-9,11H,2-4,6-7,10H2,1H3,(H,14,16). The molecule has 2 rings (SSSR count). The van der Waals surface area contributed by atoms with Crippen LogP contribution in [-0.4, -0.2) is 23.1 Å². The molecule has 0 aromatic carbocycles. The van der Waals surface area contributed by atoms with Crippen molar-refractivity contribution in [3.05, 3.63) is 22.4 Å². The van der Waals surface area contributed by atoms with E-state index < -0.39 is 0 Å².